The second-order valence-corrected chi connectivity index (χ2v) is 52.2. The third kappa shape index (κ3) is 33.8. The van der Waals surface area contributed by atoms with Crippen molar-refractivity contribution < 1.29 is 28.0 Å². The molecule has 17 aliphatic heterocycles. The average molecular weight is 1860 g/mol. The largest absolute Gasteiger partial charge is 0.380 e. The number of hydrogen-bond donors (Lipinski definition) is 2. The monoisotopic (exact) mass is 1860 g/mol. The second kappa shape index (κ2) is 49.5. The molecule has 0 spiro atoms. The molecule has 6 atom stereocenters. The summed E-state index contributed by atoms with van der Waals surface area (Å²) in [4.78, 5) is 67.6. The molecule has 26 heteroatoms. The van der Waals surface area contributed by atoms with Gasteiger partial charge in [-0.15, -0.1) is 0 Å². The molecule has 2 N–H and O–H groups in total. The van der Waals surface area contributed by atoms with E-state index in [1.165, 1.54) is 175 Å². The Morgan fingerprint density at radius 2 is 0.802 bits per heavy atom. The molecule has 0 saturated carbocycles. The lowest BCUT2D eigenvalue weighted by atomic mass is 9.94. The van der Waals surface area contributed by atoms with Crippen LogP contribution in [-0.2, 0) is 34.6 Å². The highest BCUT2D eigenvalue weighted by Crippen LogP contribution is 2.37. The van der Waals surface area contributed by atoms with Crippen LogP contribution in [0.3, 0.4) is 0 Å². The number of fused-ring (bicyclic) bond motifs is 3. The SMILES string of the molecule is CC(C)(C)N1CCC(N2CCNCC2=O)CC1.CC(C)(C)N1CCC(N2CCS(=O)CC2)CC1.CC(C)(C)N1CCC(N2C[C@@H]3C[C@H]2CO3)CC1.CC(C)(C)N1C[C@@H]2CCN[C@@H]2C1.CN(C1CCN(C(C)(C)C)CC1)[C@H]1CCOC1.CN1CCN(C2CCN(C(C)(C)C)CC2)C(=O)C1.C[C@@H]1COCCN1C1CCN(C(C)(C)C)CC1.[C-]#[N+]C1CN(C2CCN(C(C)(C)C)CC2)C1. The molecule has 0 unspecified atom stereocenters. The third-order valence-electron chi connectivity index (χ3n) is 33.3. The van der Waals surface area contributed by atoms with Crippen LogP contribution in [0.2, 0.25) is 0 Å². The molecule has 17 heterocycles. The Morgan fingerprint density at radius 3 is 1.18 bits per heavy atom. The van der Waals surface area contributed by atoms with E-state index in [4.69, 9.17) is 20.8 Å². The molecule has 760 valence electrons. The van der Waals surface area contributed by atoms with Gasteiger partial charge in [0.2, 0.25) is 17.9 Å². The van der Waals surface area contributed by atoms with Crippen LogP contribution in [0.4, 0.5) is 0 Å². The van der Waals surface area contributed by atoms with Crippen LogP contribution in [0.5, 0.6) is 0 Å². The summed E-state index contributed by atoms with van der Waals surface area (Å²) in [6.45, 7) is 101. The van der Waals surface area contributed by atoms with E-state index in [9.17, 15) is 13.8 Å². The summed E-state index contributed by atoms with van der Waals surface area (Å²) in [7, 11) is 3.78. The van der Waals surface area contributed by atoms with Crippen molar-refractivity contribution in [3.05, 3.63) is 11.4 Å². The second-order valence-electron chi connectivity index (χ2n) is 50.5. The summed E-state index contributed by atoms with van der Waals surface area (Å²) in [5.74, 6) is 3.31. The molecular weight excluding hydrogens is 1660 g/mol. The van der Waals surface area contributed by atoms with Gasteiger partial charge in [-0.3, -0.25) is 82.4 Å². The first kappa shape index (κ1) is 111. The standard InChI is InChI=1S/C14H27N3O.C14H26N2O.2C14H28N2O.C13H25N3O.C13H23N3.C13H26N2OS.C10H20N2/c1-14(2,3)16-7-5-12(6-8-16)17-10-9-15(4)11-13(17)18;1-14(2,3)15-6-4-11(5-7-15)16-9-13-8-12(16)10-17-13;1-14(2,3)16-8-5-12(6-9-16)15(4)13-7-10-17-11-13;1-12-11-17-10-9-16(12)13-5-7-15(8-6-13)14(2,3)4;1-13(2,3)15-7-4-11(5-8-15)16-9-6-14-10-12(16)17;1-13(2,3)16-7-5-12(6-8-16)15-9-11(10-15)14-4;1-13(2,3)15-6-4-12(5-7-15)14-8-10-17(16)11-9-14;1-10(2,3)12-6-8-4-5-11-9(8)7-12/h12H,5-11H2,1-4H3;11-13H,4-10H2,1-3H3;2*12-13H,5-11H2,1-4H3;11,14H,4-10H2,1-3H3;11-12H,5-10H2,1-3H3;12H,4-11H2,1-3H3;8-9,11H,4-7H2,1-3H3/t;12-,13-;13-;12-;;;;8-,9+/m.001...0/s1. The fraction of sp³-hybridized carbons (Fsp3) is 0.971. The number of rotatable bonds is 8. The smallest absolute Gasteiger partial charge is 0.248 e. The number of piperidine rings is 7. The van der Waals surface area contributed by atoms with Gasteiger partial charge in [0.1, 0.15) is 0 Å². The molecule has 2 bridgehead atoms. The Labute approximate surface area is 806 Å². The van der Waals surface area contributed by atoms with Gasteiger partial charge in [-0.05, 0) is 309 Å². The zero-order valence-electron chi connectivity index (χ0n) is 89.5. The molecule has 0 radical (unpaired) electrons. The van der Waals surface area contributed by atoms with Crippen molar-refractivity contribution in [2.24, 2.45) is 5.92 Å². The third-order valence-corrected chi connectivity index (χ3v) is 34.6. The van der Waals surface area contributed by atoms with Crippen LogP contribution in [0.15, 0.2) is 0 Å². The predicted molar refractivity (Wildman–Crippen MR) is 546 cm³/mol. The first-order valence-electron chi connectivity index (χ1n) is 53.3. The van der Waals surface area contributed by atoms with E-state index in [0.717, 1.165) is 204 Å². The van der Waals surface area contributed by atoms with Crippen molar-refractivity contribution in [2.45, 2.75) is 405 Å². The van der Waals surface area contributed by atoms with Crippen molar-refractivity contribution in [3.63, 3.8) is 0 Å². The van der Waals surface area contributed by atoms with Gasteiger partial charge in [-0.1, -0.05) is 0 Å². The van der Waals surface area contributed by atoms with Crippen molar-refractivity contribution in [3.8, 4) is 0 Å². The molecule has 25 nitrogen and oxygen atoms in total. The van der Waals surface area contributed by atoms with Gasteiger partial charge in [0.15, 0.2) is 0 Å². The van der Waals surface area contributed by atoms with Crippen LogP contribution in [0, 0.1) is 12.5 Å². The number of amides is 2. The molecule has 0 aromatic carbocycles. The number of ether oxygens (including phenoxy) is 3. The maximum atomic E-state index is 12.1. The van der Waals surface area contributed by atoms with Crippen LogP contribution in [-0.4, -0.2) is 466 Å². The first-order chi connectivity index (χ1) is 61.4. The van der Waals surface area contributed by atoms with E-state index in [2.05, 4.69) is 274 Å². The van der Waals surface area contributed by atoms with Crippen LogP contribution in [0.25, 0.3) is 4.85 Å². The molecule has 0 aromatic heterocycles. The molecular formula is C105H203N19O6S. The number of nitrogens with zero attached hydrogens (tertiary/aromatic N) is 17. The normalized spacial score (nSPS) is 29.6. The molecule has 17 fully saturated rings. The summed E-state index contributed by atoms with van der Waals surface area (Å²) in [6.07, 6.45) is 22.1. The number of nitrogens with one attached hydrogen (secondary N) is 2. The molecule has 17 rings (SSSR count). The maximum absolute atomic E-state index is 12.1. The van der Waals surface area contributed by atoms with Gasteiger partial charge in [0, 0.05) is 297 Å². The number of likely N-dealkylation sites (tertiary alicyclic amines) is 10. The van der Waals surface area contributed by atoms with Crippen LogP contribution < -0.4 is 10.6 Å². The van der Waals surface area contributed by atoms with Crippen molar-refractivity contribution >= 4 is 22.6 Å². The van der Waals surface area contributed by atoms with E-state index < -0.39 is 10.8 Å². The summed E-state index contributed by atoms with van der Waals surface area (Å²) in [5.41, 5.74) is 2.54. The lowest BCUT2D eigenvalue weighted by Crippen LogP contribution is -2.58. The van der Waals surface area contributed by atoms with Gasteiger partial charge >= 0.3 is 0 Å². The molecule has 0 aliphatic carbocycles. The Hall–Kier alpha value is -2.18. The summed E-state index contributed by atoms with van der Waals surface area (Å²) in [5, 5.41) is 6.71. The minimum atomic E-state index is -0.538. The molecule has 0 aromatic rings. The van der Waals surface area contributed by atoms with E-state index in [0.29, 0.717) is 88.5 Å². The first-order valence-corrected chi connectivity index (χ1v) is 54.8. The van der Waals surface area contributed by atoms with Gasteiger partial charge in [0.05, 0.1) is 58.7 Å². The highest BCUT2D eigenvalue weighted by atomic mass is 32.2. The molecule has 17 aliphatic rings. The molecule has 2 amide bonds. The van der Waals surface area contributed by atoms with Crippen molar-refractivity contribution in [1.82, 2.24) is 89.0 Å². The highest BCUT2D eigenvalue weighted by molar-refractivity contribution is 7.85. The van der Waals surface area contributed by atoms with Crippen LogP contribution >= 0.6 is 0 Å². The molecule has 131 heavy (non-hydrogen) atoms. The Bertz CT molecular complexity index is 3320. The van der Waals surface area contributed by atoms with E-state index in [1.807, 2.05) is 7.05 Å². The van der Waals surface area contributed by atoms with E-state index in [1.54, 1.807) is 0 Å². The number of hydrogen-bond acceptors (Lipinski definition) is 22. The van der Waals surface area contributed by atoms with Crippen molar-refractivity contribution in [2.75, 3.05) is 248 Å². The number of carbonyl (C=O) groups is 2. The number of piperazine rings is 2. The summed E-state index contributed by atoms with van der Waals surface area (Å²) in [6, 6.07) is 7.92. The van der Waals surface area contributed by atoms with Gasteiger partial charge in [0.25, 0.3) is 0 Å². The topological polar surface area (TPSA) is 159 Å². The zero-order valence-corrected chi connectivity index (χ0v) is 90.3. The van der Waals surface area contributed by atoms with Crippen LogP contribution in [0.1, 0.15) is 282 Å². The maximum Gasteiger partial charge on any atom is 0.248 e. The minimum Gasteiger partial charge on any atom is -0.380 e. The van der Waals surface area contributed by atoms with E-state index >= 15 is 0 Å². The minimum absolute atomic E-state index is 0.261. The quantitative estimate of drug-likeness (QED) is 0.221. The number of carbonyl (C=O) groups excluding carboxylic acids is 2. The molecule has 17 saturated heterocycles. The fourth-order valence-electron chi connectivity index (χ4n) is 24.0. The van der Waals surface area contributed by atoms with Gasteiger partial charge in [-0.2, -0.15) is 0 Å². The van der Waals surface area contributed by atoms with E-state index in [-0.39, 0.29) is 17.0 Å². The lowest BCUT2D eigenvalue weighted by Gasteiger charge is -2.46. The number of morpholine rings is 2. The van der Waals surface area contributed by atoms with Crippen molar-refractivity contribution in [1.29, 1.82) is 0 Å². The predicted octanol–water partition coefficient (Wildman–Crippen LogP) is 11.6. The van der Waals surface area contributed by atoms with Gasteiger partial charge < -0.3 is 39.5 Å². The number of likely N-dealkylation sites (N-methyl/N-ethyl adjacent to an activating group) is 2. The van der Waals surface area contributed by atoms with Gasteiger partial charge in [-0.25, -0.2) is 6.57 Å². The Morgan fingerprint density at radius 1 is 0.389 bits per heavy atom. The Balaban J connectivity index is 0.000000156. The lowest BCUT2D eigenvalue weighted by molar-refractivity contribution is -0.139. The summed E-state index contributed by atoms with van der Waals surface area (Å²) < 4.78 is 28.1. The highest BCUT2D eigenvalue weighted by Gasteiger charge is 2.46. The zero-order chi connectivity index (χ0) is 95.8. The summed E-state index contributed by atoms with van der Waals surface area (Å²) >= 11 is 0. The Kier molecular flexibility index (Phi) is 41.9. The average Bonchev–Trinajstić information content (AvgIpc) is 1.68. The fourth-order valence-corrected chi connectivity index (χ4v) is 25.0.